The van der Waals surface area contributed by atoms with E-state index in [2.05, 4.69) is 9.88 Å². The largest absolute Gasteiger partial charge is 0.384 e. The summed E-state index contributed by atoms with van der Waals surface area (Å²) in [5, 5.41) is 11.2. The van der Waals surface area contributed by atoms with E-state index in [1.165, 1.54) is 18.6 Å². The first-order valence-electron chi connectivity index (χ1n) is 7.05. The molecular weight excluding hydrogens is 258 g/mol. The number of nitrogen functional groups attached to an aromatic ring is 1. The van der Waals surface area contributed by atoms with Gasteiger partial charge < -0.3 is 10.6 Å². The molecule has 1 atom stereocenters. The minimum absolute atomic E-state index is 0.0469. The number of nitrogens with zero attached hydrogens (tertiary/aromatic N) is 4. The Hall–Kier alpha value is -1.89. The number of nitrogens with two attached hydrogens (primary N) is 1. The predicted octanol–water partition coefficient (Wildman–Crippen LogP) is 1.25. The van der Waals surface area contributed by atoms with Crippen LogP contribution in [0.4, 0.5) is 17.3 Å². The van der Waals surface area contributed by atoms with Gasteiger partial charge in [0, 0.05) is 31.7 Å². The standard InChI is InChI=1S/C13H19N5O2/c14-12-5-4-11(18(19)20)13(15-12)17-8-2-7-16-6-1-3-10(16)9-17/h4-5,10H,1-3,6-9H2,(H2,14,15). The van der Waals surface area contributed by atoms with Crippen LogP contribution in [0.2, 0.25) is 0 Å². The van der Waals surface area contributed by atoms with Crippen LogP contribution < -0.4 is 10.6 Å². The number of hydrogen-bond donors (Lipinski definition) is 1. The SMILES string of the molecule is Nc1ccc([N+](=O)[O-])c(N2CCCN3CCCC3C2)n1. The molecule has 1 aromatic rings. The van der Waals surface area contributed by atoms with Crippen LogP contribution in [-0.4, -0.2) is 47.0 Å². The van der Waals surface area contributed by atoms with E-state index in [0.29, 0.717) is 17.7 Å². The molecule has 0 amide bonds. The highest BCUT2D eigenvalue weighted by atomic mass is 16.6. The van der Waals surface area contributed by atoms with Gasteiger partial charge in [0.25, 0.3) is 0 Å². The van der Waals surface area contributed by atoms with Gasteiger partial charge in [0.05, 0.1) is 4.92 Å². The van der Waals surface area contributed by atoms with Gasteiger partial charge in [-0.15, -0.1) is 0 Å². The fraction of sp³-hybridized carbons (Fsp3) is 0.615. The average Bonchev–Trinajstić information content (AvgIpc) is 2.75. The summed E-state index contributed by atoms with van der Waals surface area (Å²) in [6.07, 6.45) is 3.38. The molecule has 1 aromatic heterocycles. The fourth-order valence-corrected chi connectivity index (χ4v) is 3.23. The van der Waals surface area contributed by atoms with Crippen LogP contribution in [0, 0.1) is 10.1 Å². The summed E-state index contributed by atoms with van der Waals surface area (Å²) >= 11 is 0. The summed E-state index contributed by atoms with van der Waals surface area (Å²) in [6, 6.07) is 3.43. The third-order valence-corrected chi connectivity index (χ3v) is 4.18. The van der Waals surface area contributed by atoms with Gasteiger partial charge in [-0.05, 0) is 31.9 Å². The zero-order chi connectivity index (χ0) is 14.1. The lowest BCUT2D eigenvalue weighted by Crippen LogP contribution is -2.37. The molecule has 2 fully saturated rings. The van der Waals surface area contributed by atoms with Gasteiger partial charge in [0.15, 0.2) is 0 Å². The molecule has 7 heteroatoms. The van der Waals surface area contributed by atoms with E-state index >= 15 is 0 Å². The minimum Gasteiger partial charge on any atom is -0.384 e. The summed E-state index contributed by atoms with van der Waals surface area (Å²) in [5.41, 5.74) is 5.76. The van der Waals surface area contributed by atoms with E-state index < -0.39 is 0 Å². The molecule has 1 unspecified atom stereocenters. The molecule has 2 aliphatic heterocycles. The minimum atomic E-state index is -0.376. The second kappa shape index (κ2) is 5.24. The number of rotatable bonds is 2. The van der Waals surface area contributed by atoms with Crippen molar-refractivity contribution in [3.05, 3.63) is 22.2 Å². The first kappa shape index (κ1) is 13.1. The van der Waals surface area contributed by atoms with E-state index in [4.69, 9.17) is 5.73 Å². The van der Waals surface area contributed by atoms with Crippen LogP contribution in [0.25, 0.3) is 0 Å². The lowest BCUT2D eigenvalue weighted by Gasteiger charge is -2.26. The van der Waals surface area contributed by atoms with Crippen LogP contribution in [0.1, 0.15) is 19.3 Å². The molecule has 2 aliphatic rings. The highest BCUT2D eigenvalue weighted by Crippen LogP contribution is 2.30. The molecule has 0 aromatic carbocycles. The fourth-order valence-electron chi connectivity index (χ4n) is 3.23. The average molecular weight is 277 g/mol. The second-order valence-electron chi connectivity index (χ2n) is 5.47. The van der Waals surface area contributed by atoms with Gasteiger partial charge in [-0.2, -0.15) is 0 Å². The summed E-state index contributed by atoms with van der Waals surface area (Å²) in [6.45, 7) is 3.81. The zero-order valence-corrected chi connectivity index (χ0v) is 11.4. The van der Waals surface area contributed by atoms with Crippen LogP contribution >= 0.6 is 0 Å². The first-order valence-corrected chi connectivity index (χ1v) is 7.05. The van der Waals surface area contributed by atoms with E-state index in [-0.39, 0.29) is 10.6 Å². The third kappa shape index (κ3) is 2.40. The first-order chi connectivity index (χ1) is 9.65. The normalized spacial score (nSPS) is 23.4. The molecule has 108 valence electrons. The van der Waals surface area contributed by atoms with E-state index in [9.17, 15) is 10.1 Å². The molecule has 7 nitrogen and oxygen atoms in total. The van der Waals surface area contributed by atoms with Crippen LogP contribution in [0.3, 0.4) is 0 Å². The Labute approximate surface area is 117 Å². The highest BCUT2D eigenvalue weighted by molar-refractivity contribution is 5.61. The van der Waals surface area contributed by atoms with Crippen molar-refractivity contribution < 1.29 is 4.92 Å². The Morgan fingerprint density at radius 2 is 2.10 bits per heavy atom. The summed E-state index contributed by atoms with van der Waals surface area (Å²) in [7, 11) is 0. The molecule has 0 aliphatic carbocycles. The van der Waals surface area contributed by atoms with Crippen molar-refractivity contribution in [2.24, 2.45) is 0 Å². The van der Waals surface area contributed by atoms with Gasteiger partial charge in [0.2, 0.25) is 5.82 Å². The van der Waals surface area contributed by atoms with Gasteiger partial charge in [0.1, 0.15) is 5.82 Å². The lowest BCUT2D eigenvalue weighted by molar-refractivity contribution is -0.384. The topological polar surface area (TPSA) is 88.5 Å². The number of hydrogen-bond acceptors (Lipinski definition) is 6. The lowest BCUT2D eigenvalue weighted by atomic mass is 10.2. The molecule has 3 rings (SSSR count). The predicted molar refractivity (Wildman–Crippen MR) is 76.7 cm³/mol. The van der Waals surface area contributed by atoms with Gasteiger partial charge in [-0.25, -0.2) is 4.98 Å². The quantitative estimate of drug-likeness (QED) is 0.646. The van der Waals surface area contributed by atoms with Crippen molar-refractivity contribution in [3.8, 4) is 0 Å². The van der Waals surface area contributed by atoms with E-state index in [0.717, 1.165) is 39.0 Å². The van der Waals surface area contributed by atoms with Crippen LogP contribution in [-0.2, 0) is 0 Å². The van der Waals surface area contributed by atoms with Crippen molar-refractivity contribution in [3.63, 3.8) is 0 Å². The highest BCUT2D eigenvalue weighted by Gasteiger charge is 2.31. The Balaban J connectivity index is 1.91. The van der Waals surface area contributed by atoms with Crippen molar-refractivity contribution in [1.29, 1.82) is 0 Å². The van der Waals surface area contributed by atoms with Crippen molar-refractivity contribution in [2.45, 2.75) is 25.3 Å². The molecule has 0 bridgehead atoms. The molecule has 0 saturated carbocycles. The van der Waals surface area contributed by atoms with Gasteiger partial charge >= 0.3 is 5.69 Å². The molecule has 0 spiro atoms. The molecule has 3 heterocycles. The second-order valence-corrected chi connectivity index (χ2v) is 5.47. The maximum atomic E-state index is 11.2. The van der Waals surface area contributed by atoms with Crippen LogP contribution in [0.15, 0.2) is 12.1 Å². The number of anilines is 2. The van der Waals surface area contributed by atoms with E-state index in [1.807, 2.05) is 4.90 Å². The Kier molecular flexibility index (Phi) is 3.43. The van der Waals surface area contributed by atoms with Crippen molar-refractivity contribution in [1.82, 2.24) is 9.88 Å². The van der Waals surface area contributed by atoms with Crippen LogP contribution in [0.5, 0.6) is 0 Å². The molecule has 0 radical (unpaired) electrons. The van der Waals surface area contributed by atoms with Gasteiger partial charge in [-0.1, -0.05) is 0 Å². The summed E-state index contributed by atoms with van der Waals surface area (Å²) in [5.74, 6) is 0.752. The maximum Gasteiger partial charge on any atom is 0.311 e. The van der Waals surface area contributed by atoms with Gasteiger partial charge in [-0.3, -0.25) is 15.0 Å². The summed E-state index contributed by atoms with van der Waals surface area (Å²) < 4.78 is 0. The Morgan fingerprint density at radius 3 is 2.90 bits per heavy atom. The number of fused-ring (bicyclic) bond motifs is 1. The zero-order valence-electron chi connectivity index (χ0n) is 11.4. The Bertz CT molecular complexity index is 521. The summed E-state index contributed by atoms with van der Waals surface area (Å²) in [4.78, 5) is 19.5. The molecule has 2 saturated heterocycles. The Morgan fingerprint density at radius 1 is 1.30 bits per heavy atom. The molecule has 2 N–H and O–H groups in total. The number of pyridine rings is 1. The molecular formula is C13H19N5O2. The number of aromatic nitrogens is 1. The third-order valence-electron chi connectivity index (χ3n) is 4.18. The smallest absolute Gasteiger partial charge is 0.311 e. The maximum absolute atomic E-state index is 11.2. The number of nitro groups is 1. The molecule has 20 heavy (non-hydrogen) atoms. The monoisotopic (exact) mass is 277 g/mol. The van der Waals surface area contributed by atoms with E-state index in [1.54, 1.807) is 0 Å². The van der Waals surface area contributed by atoms with Crippen molar-refractivity contribution in [2.75, 3.05) is 36.8 Å². The van der Waals surface area contributed by atoms with Crippen molar-refractivity contribution >= 4 is 17.3 Å².